The molecule has 0 saturated carbocycles. The summed E-state index contributed by atoms with van der Waals surface area (Å²) in [4.78, 5) is 14.4. The predicted octanol–water partition coefficient (Wildman–Crippen LogP) is 5.11. The molecule has 6 nitrogen and oxygen atoms in total. The van der Waals surface area contributed by atoms with Crippen LogP contribution in [0.4, 0.5) is 10.5 Å². The number of urea groups is 1. The highest BCUT2D eigenvalue weighted by atomic mass is 32.2. The fraction of sp³-hybridized carbons (Fsp3) is 0.174. The summed E-state index contributed by atoms with van der Waals surface area (Å²) in [6.07, 6.45) is 1.16. The van der Waals surface area contributed by atoms with E-state index in [1.54, 1.807) is 48.3 Å². The number of sulfone groups is 1. The number of hydrogen-bond acceptors (Lipinski definition) is 4. The van der Waals surface area contributed by atoms with Gasteiger partial charge in [0.1, 0.15) is 11.5 Å². The first-order valence-electron chi connectivity index (χ1n) is 9.41. The molecule has 0 aliphatic rings. The lowest BCUT2D eigenvalue weighted by atomic mass is 10.1. The number of nitrogens with zero attached hydrogens (tertiary/aromatic N) is 1. The number of carbonyl (C=O) groups excluding carboxylic acids is 1. The van der Waals surface area contributed by atoms with E-state index in [1.807, 2.05) is 37.3 Å². The van der Waals surface area contributed by atoms with Crippen molar-refractivity contribution >= 4 is 21.6 Å². The van der Waals surface area contributed by atoms with Gasteiger partial charge in [-0.15, -0.1) is 0 Å². The number of anilines is 1. The van der Waals surface area contributed by atoms with Crippen LogP contribution in [0.2, 0.25) is 0 Å². The lowest BCUT2D eigenvalue weighted by Crippen LogP contribution is -2.33. The molecule has 1 unspecified atom stereocenters. The van der Waals surface area contributed by atoms with Crippen LogP contribution in [0, 0.1) is 0 Å². The molecule has 1 atom stereocenters. The van der Waals surface area contributed by atoms with Gasteiger partial charge in [-0.3, -0.25) is 0 Å². The highest BCUT2D eigenvalue weighted by Crippen LogP contribution is 2.25. The fourth-order valence-electron chi connectivity index (χ4n) is 2.84. The van der Waals surface area contributed by atoms with Gasteiger partial charge in [-0.25, -0.2) is 13.2 Å². The van der Waals surface area contributed by atoms with E-state index >= 15 is 0 Å². The molecule has 3 aromatic rings. The largest absolute Gasteiger partial charge is 0.457 e. The second-order valence-electron chi connectivity index (χ2n) is 7.00. The molecule has 7 heteroatoms. The maximum absolute atomic E-state index is 12.6. The zero-order valence-corrected chi connectivity index (χ0v) is 17.9. The van der Waals surface area contributed by atoms with Crippen LogP contribution in [-0.2, 0) is 9.84 Å². The Kier molecular flexibility index (Phi) is 6.42. The molecule has 0 fully saturated rings. The van der Waals surface area contributed by atoms with Crippen molar-refractivity contribution < 1.29 is 17.9 Å². The van der Waals surface area contributed by atoms with Crippen molar-refractivity contribution in [2.45, 2.75) is 17.9 Å². The number of hydrogen-bond donors (Lipinski definition) is 1. The third-order valence-electron chi connectivity index (χ3n) is 4.78. The minimum atomic E-state index is -3.24. The third-order valence-corrected chi connectivity index (χ3v) is 5.90. The summed E-state index contributed by atoms with van der Waals surface area (Å²) in [5.74, 6) is 1.10. The van der Waals surface area contributed by atoms with Crippen molar-refractivity contribution in [2.24, 2.45) is 0 Å². The Morgan fingerprint density at radius 1 is 0.900 bits per heavy atom. The first-order chi connectivity index (χ1) is 14.2. The van der Waals surface area contributed by atoms with Crippen molar-refractivity contribution in [3.8, 4) is 11.5 Å². The quantitative estimate of drug-likeness (QED) is 0.597. The lowest BCUT2D eigenvalue weighted by Gasteiger charge is -2.25. The smallest absolute Gasteiger partial charge is 0.322 e. The Morgan fingerprint density at radius 2 is 1.43 bits per heavy atom. The van der Waals surface area contributed by atoms with Gasteiger partial charge in [0.05, 0.1) is 10.9 Å². The van der Waals surface area contributed by atoms with E-state index in [2.05, 4.69) is 5.32 Å². The van der Waals surface area contributed by atoms with Gasteiger partial charge in [0.2, 0.25) is 0 Å². The summed E-state index contributed by atoms with van der Waals surface area (Å²) in [5.41, 5.74) is 1.70. The van der Waals surface area contributed by atoms with Crippen molar-refractivity contribution in [3.05, 3.63) is 84.4 Å². The van der Waals surface area contributed by atoms with E-state index in [0.29, 0.717) is 17.2 Å². The summed E-state index contributed by atoms with van der Waals surface area (Å²) >= 11 is 0. The van der Waals surface area contributed by atoms with Crippen LogP contribution < -0.4 is 10.1 Å². The number of rotatable bonds is 6. The Bertz CT molecular complexity index is 1100. The van der Waals surface area contributed by atoms with Gasteiger partial charge in [-0.2, -0.15) is 0 Å². The molecule has 0 aliphatic carbocycles. The standard InChI is InChI=1S/C23H24N2O4S/c1-17(18-7-5-4-6-8-18)25(2)23(26)24-19-9-11-20(12-10-19)29-21-13-15-22(16-14-21)30(3,27)28/h4-17H,1-3H3,(H,24,26). The highest BCUT2D eigenvalue weighted by molar-refractivity contribution is 7.90. The number of carbonyl (C=O) groups is 1. The van der Waals surface area contributed by atoms with E-state index < -0.39 is 9.84 Å². The Balaban J connectivity index is 1.61. The molecule has 156 valence electrons. The second-order valence-corrected chi connectivity index (χ2v) is 9.01. The number of nitrogens with one attached hydrogen (secondary N) is 1. The van der Waals surface area contributed by atoms with E-state index in [4.69, 9.17) is 4.74 Å². The maximum Gasteiger partial charge on any atom is 0.322 e. The topological polar surface area (TPSA) is 75.7 Å². The molecule has 0 saturated heterocycles. The predicted molar refractivity (Wildman–Crippen MR) is 118 cm³/mol. The summed E-state index contributed by atoms with van der Waals surface area (Å²) in [5, 5.41) is 2.87. The van der Waals surface area contributed by atoms with Gasteiger partial charge in [-0.05, 0) is 61.0 Å². The van der Waals surface area contributed by atoms with Gasteiger partial charge >= 0.3 is 6.03 Å². The molecule has 3 aromatic carbocycles. The summed E-state index contributed by atoms with van der Waals surface area (Å²) in [6.45, 7) is 1.97. The maximum atomic E-state index is 12.6. The van der Waals surface area contributed by atoms with Crippen LogP contribution in [0.5, 0.6) is 11.5 Å². The summed E-state index contributed by atoms with van der Waals surface area (Å²) < 4.78 is 28.8. The molecule has 3 rings (SSSR count). The van der Waals surface area contributed by atoms with E-state index in [0.717, 1.165) is 11.8 Å². The van der Waals surface area contributed by atoms with Gasteiger partial charge in [0, 0.05) is 19.0 Å². The normalized spacial score (nSPS) is 12.1. The molecule has 0 aliphatic heterocycles. The Labute approximate surface area is 177 Å². The Morgan fingerprint density at radius 3 is 1.97 bits per heavy atom. The molecule has 1 N–H and O–H groups in total. The van der Waals surface area contributed by atoms with Crippen LogP contribution in [0.25, 0.3) is 0 Å². The van der Waals surface area contributed by atoms with Gasteiger partial charge in [-0.1, -0.05) is 30.3 Å². The monoisotopic (exact) mass is 424 g/mol. The number of amides is 2. The van der Waals surface area contributed by atoms with E-state index in [1.165, 1.54) is 12.1 Å². The van der Waals surface area contributed by atoms with Crippen molar-refractivity contribution in [2.75, 3.05) is 18.6 Å². The lowest BCUT2D eigenvalue weighted by molar-refractivity contribution is 0.208. The van der Waals surface area contributed by atoms with Gasteiger partial charge in [0.25, 0.3) is 0 Å². The van der Waals surface area contributed by atoms with Gasteiger partial charge in [0.15, 0.2) is 9.84 Å². The fourth-order valence-corrected chi connectivity index (χ4v) is 3.47. The third kappa shape index (κ3) is 5.39. The van der Waals surface area contributed by atoms with E-state index in [9.17, 15) is 13.2 Å². The number of benzene rings is 3. The molecular formula is C23H24N2O4S. The van der Waals surface area contributed by atoms with Crippen LogP contribution in [-0.4, -0.2) is 32.7 Å². The SMILES string of the molecule is CC(c1ccccc1)N(C)C(=O)Nc1ccc(Oc2ccc(S(C)(=O)=O)cc2)cc1. The number of ether oxygens (including phenoxy) is 1. The van der Waals surface area contributed by atoms with Gasteiger partial charge < -0.3 is 15.0 Å². The molecule has 0 bridgehead atoms. The Hall–Kier alpha value is -3.32. The molecule has 0 spiro atoms. The minimum Gasteiger partial charge on any atom is -0.457 e. The highest BCUT2D eigenvalue weighted by Gasteiger charge is 2.17. The van der Waals surface area contributed by atoms with E-state index in [-0.39, 0.29) is 17.0 Å². The average Bonchev–Trinajstić information content (AvgIpc) is 2.74. The first kappa shape index (κ1) is 21.4. The molecular weight excluding hydrogens is 400 g/mol. The summed E-state index contributed by atoms with van der Waals surface area (Å²) in [7, 11) is -1.49. The van der Waals surface area contributed by atoms with Crippen LogP contribution in [0.1, 0.15) is 18.5 Å². The summed E-state index contributed by atoms with van der Waals surface area (Å²) in [6, 6.07) is 22.7. The minimum absolute atomic E-state index is 0.0660. The van der Waals surface area contributed by atoms with Crippen LogP contribution in [0.15, 0.2) is 83.8 Å². The van der Waals surface area contributed by atoms with Crippen LogP contribution >= 0.6 is 0 Å². The van der Waals surface area contributed by atoms with Crippen molar-refractivity contribution in [3.63, 3.8) is 0 Å². The zero-order chi connectivity index (χ0) is 21.7. The molecule has 0 radical (unpaired) electrons. The first-order valence-corrected chi connectivity index (χ1v) is 11.3. The van der Waals surface area contributed by atoms with Crippen molar-refractivity contribution in [1.29, 1.82) is 0 Å². The molecule has 2 amide bonds. The van der Waals surface area contributed by atoms with Crippen molar-refractivity contribution in [1.82, 2.24) is 4.90 Å². The average molecular weight is 425 g/mol. The van der Waals surface area contributed by atoms with Crippen LogP contribution in [0.3, 0.4) is 0 Å². The zero-order valence-electron chi connectivity index (χ0n) is 17.1. The molecule has 0 heterocycles. The molecule has 30 heavy (non-hydrogen) atoms. The molecule has 0 aromatic heterocycles. The second kappa shape index (κ2) is 9.00.